The highest BCUT2D eigenvalue weighted by Gasteiger charge is 2.17. The van der Waals surface area contributed by atoms with Crippen LogP contribution >= 0.6 is 11.6 Å². The Bertz CT molecular complexity index is 993. The molecule has 0 radical (unpaired) electrons. The van der Waals surface area contributed by atoms with E-state index in [0.29, 0.717) is 13.1 Å². The number of fused-ring (bicyclic) bond motifs is 1. The molecule has 142 valence electrons. The van der Waals surface area contributed by atoms with Gasteiger partial charge in [0.15, 0.2) is 0 Å². The molecule has 0 bridgehead atoms. The summed E-state index contributed by atoms with van der Waals surface area (Å²) in [5.41, 5.74) is 5.35. The van der Waals surface area contributed by atoms with Gasteiger partial charge in [-0.1, -0.05) is 42.5 Å². The monoisotopic (exact) mass is 391 g/mol. The first-order valence-electron chi connectivity index (χ1n) is 9.45. The highest BCUT2D eigenvalue weighted by atomic mass is 35.5. The number of amides is 1. The van der Waals surface area contributed by atoms with E-state index < -0.39 is 0 Å². The fourth-order valence-corrected chi connectivity index (χ4v) is 3.80. The summed E-state index contributed by atoms with van der Waals surface area (Å²) in [5.74, 6) is 0.881. The zero-order valence-corrected chi connectivity index (χ0v) is 16.4. The fraction of sp³-hybridized carbons (Fsp3) is 0.217. The molecule has 1 aromatic carbocycles. The van der Waals surface area contributed by atoms with Crippen LogP contribution in [0.1, 0.15) is 29.5 Å². The molecule has 0 fully saturated rings. The predicted molar refractivity (Wildman–Crippen MR) is 115 cm³/mol. The number of halogens is 1. The molecule has 2 aromatic rings. The van der Waals surface area contributed by atoms with Crippen LogP contribution in [0, 0.1) is 0 Å². The molecule has 0 saturated heterocycles. The van der Waals surface area contributed by atoms with Gasteiger partial charge in [-0.2, -0.15) is 0 Å². The molecule has 0 atom stereocenters. The van der Waals surface area contributed by atoms with Gasteiger partial charge in [-0.25, -0.2) is 4.98 Å². The summed E-state index contributed by atoms with van der Waals surface area (Å²) in [6.45, 7) is 5.23. The number of rotatable bonds is 3. The lowest BCUT2D eigenvalue weighted by Crippen LogP contribution is -2.33. The second kappa shape index (κ2) is 8.03. The van der Waals surface area contributed by atoms with Gasteiger partial charge in [0.05, 0.1) is 0 Å². The Balaban J connectivity index is 1.41. The number of carbonyl (C=O) groups excluding carboxylic acids is 1. The highest BCUT2D eigenvalue weighted by Crippen LogP contribution is 2.28. The van der Waals surface area contributed by atoms with Crippen molar-refractivity contribution in [2.24, 2.45) is 0 Å². The van der Waals surface area contributed by atoms with Crippen molar-refractivity contribution in [1.29, 1.82) is 0 Å². The average Bonchev–Trinajstić information content (AvgIpc) is 2.72. The van der Waals surface area contributed by atoms with Gasteiger partial charge in [0.2, 0.25) is 5.91 Å². The van der Waals surface area contributed by atoms with Crippen molar-refractivity contribution in [3.05, 3.63) is 82.7 Å². The van der Waals surface area contributed by atoms with Crippen LogP contribution in [0.2, 0.25) is 5.02 Å². The lowest BCUT2D eigenvalue weighted by atomic mass is 9.99. The third-order valence-electron chi connectivity index (χ3n) is 5.14. The van der Waals surface area contributed by atoms with Gasteiger partial charge in [0, 0.05) is 36.1 Å². The molecule has 1 N–H and O–H groups in total. The molecule has 2 aliphatic rings. The van der Waals surface area contributed by atoms with Gasteiger partial charge in [0.25, 0.3) is 0 Å². The van der Waals surface area contributed by atoms with Crippen LogP contribution < -0.4 is 5.32 Å². The van der Waals surface area contributed by atoms with E-state index in [2.05, 4.69) is 29.0 Å². The summed E-state index contributed by atoms with van der Waals surface area (Å²) in [5, 5.41) is 3.96. The van der Waals surface area contributed by atoms with Crippen molar-refractivity contribution in [3.63, 3.8) is 0 Å². The molecule has 1 aromatic heterocycles. The third-order valence-corrected chi connectivity index (χ3v) is 5.47. The van der Waals surface area contributed by atoms with E-state index in [9.17, 15) is 4.79 Å². The molecular weight excluding hydrogens is 370 g/mol. The Morgan fingerprint density at radius 2 is 2.11 bits per heavy atom. The van der Waals surface area contributed by atoms with E-state index in [1.165, 1.54) is 5.57 Å². The maximum Gasteiger partial charge on any atom is 0.246 e. The van der Waals surface area contributed by atoms with E-state index in [4.69, 9.17) is 11.6 Å². The van der Waals surface area contributed by atoms with Gasteiger partial charge in [-0.15, -0.1) is 0 Å². The smallest absolute Gasteiger partial charge is 0.246 e. The number of aromatic nitrogens is 1. The van der Waals surface area contributed by atoms with Gasteiger partial charge in [-0.05, 0) is 59.7 Å². The molecule has 0 unspecified atom stereocenters. The number of nitrogens with zero attached hydrogens (tertiary/aromatic N) is 2. The van der Waals surface area contributed by atoms with Gasteiger partial charge in [-0.3, -0.25) is 4.79 Å². The minimum Gasteiger partial charge on any atom is -0.344 e. The van der Waals surface area contributed by atoms with Gasteiger partial charge in [0.1, 0.15) is 5.82 Å². The standard InChI is InChI=1S/C23H22ClN3O/c1-16-6-8-19-14-17(15-25-23(19)26-16)7-9-22(28)27-12-10-18(11-13-27)20-4-2-3-5-21(20)24/h2-5,7,9-10,14-15H,1,6,8,11-13H2,(H,25,26)/b9-7+. The molecule has 0 saturated carbocycles. The number of nitrogens with one attached hydrogen (secondary N) is 1. The lowest BCUT2D eigenvalue weighted by molar-refractivity contribution is -0.125. The maximum atomic E-state index is 12.6. The second-order valence-electron chi connectivity index (χ2n) is 7.08. The number of pyridine rings is 1. The predicted octanol–water partition coefficient (Wildman–Crippen LogP) is 4.94. The molecular formula is C23H22ClN3O. The number of hydrogen-bond donors (Lipinski definition) is 1. The Kier molecular flexibility index (Phi) is 5.31. The summed E-state index contributed by atoms with van der Waals surface area (Å²) in [4.78, 5) is 18.8. The summed E-state index contributed by atoms with van der Waals surface area (Å²) in [7, 11) is 0. The van der Waals surface area contributed by atoms with Gasteiger partial charge >= 0.3 is 0 Å². The van der Waals surface area contributed by atoms with Crippen molar-refractivity contribution in [1.82, 2.24) is 9.88 Å². The van der Waals surface area contributed by atoms with Gasteiger partial charge < -0.3 is 10.2 Å². The van der Waals surface area contributed by atoms with Crippen LogP contribution in [-0.4, -0.2) is 28.9 Å². The van der Waals surface area contributed by atoms with Crippen LogP contribution in [0.25, 0.3) is 11.6 Å². The molecule has 0 spiro atoms. The zero-order valence-electron chi connectivity index (χ0n) is 15.6. The van der Waals surface area contributed by atoms with E-state index in [-0.39, 0.29) is 5.91 Å². The summed E-state index contributed by atoms with van der Waals surface area (Å²) < 4.78 is 0. The Morgan fingerprint density at radius 3 is 2.89 bits per heavy atom. The average molecular weight is 392 g/mol. The van der Waals surface area contributed by atoms with Crippen molar-refractivity contribution < 1.29 is 4.79 Å². The van der Waals surface area contributed by atoms with E-state index in [1.54, 1.807) is 12.3 Å². The number of benzene rings is 1. The Morgan fingerprint density at radius 1 is 1.25 bits per heavy atom. The quantitative estimate of drug-likeness (QED) is 0.754. The molecule has 4 nitrogen and oxygen atoms in total. The number of hydrogen-bond acceptors (Lipinski definition) is 3. The molecule has 28 heavy (non-hydrogen) atoms. The molecule has 3 heterocycles. The number of carbonyl (C=O) groups is 1. The molecule has 5 heteroatoms. The minimum absolute atomic E-state index is 0.0127. The van der Waals surface area contributed by atoms with E-state index in [0.717, 1.165) is 52.5 Å². The lowest BCUT2D eigenvalue weighted by Gasteiger charge is -2.26. The summed E-state index contributed by atoms with van der Waals surface area (Å²) in [6.07, 6.45) is 9.98. The largest absolute Gasteiger partial charge is 0.344 e. The normalized spacial score (nSPS) is 16.5. The number of aryl methyl sites for hydroxylation is 1. The number of allylic oxidation sites excluding steroid dienone is 1. The van der Waals surface area contributed by atoms with E-state index in [1.807, 2.05) is 35.2 Å². The number of anilines is 1. The first-order valence-corrected chi connectivity index (χ1v) is 9.82. The Hall–Kier alpha value is -2.85. The molecule has 1 amide bonds. The minimum atomic E-state index is 0.0127. The van der Waals surface area contributed by atoms with Crippen molar-refractivity contribution in [2.45, 2.75) is 19.3 Å². The molecule has 0 aliphatic carbocycles. The van der Waals surface area contributed by atoms with Crippen molar-refractivity contribution >= 4 is 35.0 Å². The fourth-order valence-electron chi connectivity index (χ4n) is 3.55. The van der Waals surface area contributed by atoms with Crippen LogP contribution in [0.15, 0.2) is 61.0 Å². The highest BCUT2D eigenvalue weighted by molar-refractivity contribution is 6.32. The SMILES string of the molecule is C=C1CCc2cc(/C=C/C(=O)N3CC=C(c4ccccc4Cl)CC3)cnc2N1. The molecule has 2 aliphatic heterocycles. The zero-order chi connectivity index (χ0) is 19.5. The van der Waals surface area contributed by atoms with Crippen LogP contribution in [0.4, 0.5) is 5.82 Å². The molecule has 4 rings (SSSR count). The van der Waals surface area contributed by atoms with Crippen LogP contribution in [0.5, 0.6) is 0 Å². The topological polar surface area (TPSA) is 45.2 Å². The second-order valence-corrected chi connectivity index (χ2v) is 7.49. The van der Waals surface area contributed by atoms with Crippen LogP contribution in [0.3, 0.4) is 0 Å². The maximum absolute atomic E-state index is 12.6. The summed E-state index contributed by atoms with van der Waals surface area (Å²) in [6, 6.07) is 9.92. The summed E-state index contributed by atoms with van der Waals surface area (Å²) >= 11 is 6.28. The first kappa shape index (κ1) is 18.5. The van der Waals surface area contributed by atoms with E-state index >= 15 is 0 Å². The van der Waals surface area contributed by atoms with Crippen molar-refractivity contribution in [2.75, 3.05) is 18.4 Å². The van der Waals surface area contributed by atoms with Crippen LogP contribution in [-0.2, 0) is 11.2 Å². The van der Waals surface area contributed by atoms with Crippen molar-refractivity contribution in [3.8, 4) is 0 Å². The third kappa shape index (κ3) is 4.02. The Labute approximate surface area is 170 Å². The first-order chi connectivity index (χ1) is 13.6.